The van der Waals surface area contributed by atoms with E-state index in [1.807, 2.05) is 6.92 Å². The first-order valence-electron chi connectivity index (χ1n) is 1.90. The van der Waals surface area contributed by atoms with E-state index < -0.39 is 0 Å². The topological polar surface area (TPSA) is 9.23 Å². The van der Waals surface area contributed by atoms with Gasteiger partial charge in [0.2, 0.25) is 0 Å². The van der Waals surface area contributed by atoms with Gasteiger partial charge in [-0.05, 0) is 0 Å². The quantitative estimate of drug-likeness (QED) is 0.398. The molecule has 6 heavy (non-hydrogen) atoms. The van der Waals surface area contributed by atoms with Crippen molar-refractivity contribution in [2.45, 2.75) is 6.92 Å². The number of hydrogen-bond donors (Lipinski definition) is 0. The minimum atomic E-state index is 0.688. The van der Waals surface area contributed by atoms with E-state index in [9.17, 15) is 0 Å². The van der Waals surface area contributed by atoms with Crippen molar-refractivity contribution in [2.24, 2.45) is 0 Å². The van der Waals surface area contributed by atoms with Crippen LogP contribution in [0.15, 0.2) is 0 Å². The molecule has 0 rings (SSSR count). The van der Waals surface area contributed by atoms with Crippen LogP contribution in [0, 0.1) is 0 Å². The molecule has 1 nitrogen and oxygen atoms in total. The molecule has 0 amide bonds. The first kappa shape index (κ1) is 5.99. The zero-order valence-electron chi connectivity index (χ0n) is 3.85. The predicted molar refractivity (Wildman–Crippen MR) is 28.9 cm³/mol. The molecule has 0 saturated heterocycles. The molecule has 4 heteroatoms. The molecule has 2 radical (unpaired) electrons. The Morgan fingerprint density at radius 1 is 1.83 bits per heavy atom. The van der Waals surface area contributed by atoms with Crippen LogP contribution in [-0.4, -0.2) is 28.0 Å². The normalized spacial score (nSPS) is 6.83. The Kier molecular flexibility index (Phi) is 4.99. The average Bonchev–Trinajstić information content (AvgIpc) is 1.61. The molecule has 0 heterocycles. The van der Waals surface area contributed by atoms with Gasteiger partial charge in [-0.25, -0.2) is 0 Å². The Bertz CT molecular complexity index is 44.1. The van der Waals surface area contributed by atoms with E-state index >= 15 is 0 Å². The summed E-state index contributed by atoms with van der Waals surface area (Å²) < 4.78 is 4.68. The fraction of sp³-hybridized carbons (Fsp3) is 1.00. The van der Waals surface area contributed by atoms with E-state index in [0.717, 1.165) is 0 Å². The maximum absolute atomic E-state index is 4.91. The molecule has 0 aromatic carbocycles. The van der Waals surface area contributed by atoms with Crippen molar-refractivity contribution in [3.63, 3.8) is 0 Å². The van der Waals surface area contributed by atoms with E-state index in [1.54, 1.807) is 0 Å². The van der Waals surface area contributed by atoms with E-state index in [1.165, 1.54) is 13.7 Å². The van der Waals surface area contributed by atoms with Crippen LogP contribution in [0.3, 0.4) is 0 Å². The molecule has 0 fully saturated rings. The summed E-state index contributed by atoms with van der Waals surface area (Å²) in [5.74, 6) is 0. The molecule has 28 valence electrons. The summed E-state index contributed by atoms with van der Waals surface area (Å²) in [5.41, 5.74) is 0. The third-order valence-electron chi connectivity index (χ3n) is 0.341. The molecule has 0 N–H and O–H groups in total. The Morgan fingerprint density at radius 2 is 2.50 bits per heavy atom. The van der Waals surface area contributed by atoms with Gasteiger partial charge in [0, 0.05) is 0 Å². The fourth-order valence-electron chi connectivity index (χ4n) is 0.152. The molecular weight excluding hydrogens is 72.5 g/mol. The standard InChI is InChI=1S/C2H5B3O/c1-2-6-5-4-3/h2H2,1H3. The van der Waals surface area contributed by atoms with E-state index in [-0.39, 0.29) is 0 Å². The van der Waals surface area contributed by atoms with Crippen LogP contribution >= 0.6 is 0 Å². The number of rotatable bonds is 2. The zero-order valence-corrected chi connectivity index (χ0v) is 3.85. The van der Waals surface area contributed by atoms with Crippen molar-refractivity contribution in [3.8, 4) is 0 Å². The van der Waals surface area contributed by atoms with Gasteiger partial charge in [-0.3, -0.25) is 0 Å². The second kappa shape index (κ2) is 4.99. The Balaban J connectivity index is 2.66. The van der Waals surface area contributed by atoms with E-state index in [0.29, 0.717) is 6.61 Å². The van der Waals surface area contributed by atoms with Gasteiger partial charge in [-0.15, -0.1) is 0 Å². The molecule has 0 atom stereocenters. The summed E-state index contributed by atoms with van der Waals surface area (Å²) in [6.45, 7) is 3.96. The molecule has 0 aliphatic heterocycles. The summed E-state index contributed by atoms with van der Waals surface area (Å²) in [5, 5.41) is 0. The van der Waals surface area contributed by atoms with Crippen LogP contribution in [0.5, 0.6) is 0 Å². The maximum atomic E-state index is 4.91. The van der Waals surface area contributed by atoms with Gasteiger partial charge in [0.25, 0.3) is 0 Å². The van der Waals surface area contributed by atoms with Crippen LogP contribution in [-0.2, 0) is 4.65 Å². The second-order valence-electron chi connectivity index (χ2n) is 0.784. The third-order valence-corrected chi connectivity index (χ3v) is 0.341. The van der Waals surface area contributed by atoms with Gasteiger partial charge in [0.15, 0.2) is 0 Å². The van der Waals surface area contributed by atoms with Gasteiger partial charge in [0.05, 0.1) is 0 Å². The van der Waals surface area contributed by atoms with Crippen molar-refractivity contribution in [1.29, 1.82) is 0 Å². The molecule has 0 saturated carbocycles. The molecule has 0 bridgehead atoms. The predicted octanol–water partition coefficient (Wildman–Crippen LogP) is -0.655. The summed E-state index contributed by atoms with van der Waals surface area (Å²) in [6, 6.07) is 0. The zero-order chi connectivity index (χ0) is 4.83. The Hall–Kier alpha value is -0.00519. The SMILES string of the molecule is [B]B=BOCC. The molecule has 0 aliphatic carbocycles. The van der Waals surface area contributed by atoms with Crippen molar-refractivity contribution in [2.75, 3.05) is 6.61 Å². The summed E-state index contributed by atoms with van der Waals surface area (Å²) in [6.07, 6.45) is 0. The molecule has 0 unspecified atom stereocenters. The molecular formula is C2H5B3O. The Morgan fingerprint density at radius 3 is 2.67 bits per heavy atom. The van der Waals surface area contributed by atoms with E-state index in [4.69, 9.17) is 7.74 Å². The van der Waals surface area contributed by atoms with Crippen molar-refractivity contribution in [3.05, 3.63) is 0 Å². The minimum absolute atomic E-state index is 0.688. The molecule has 0 aromatic heterocycles. The van der Waals surface area contributed by atoms with Crippen molar-refractivity contribution in [1.82, 2.24) is 0 Å². The molecule has 0 aliphatic rings. The molecule has 0 spiro atoms. The van der Waals surface area contributed by atoms with Crippen LogP contribution in [0.1, 0.15) is 6.92 Å². The Labute approximate surface area is 40.6 Å². The third kappa shape index (κ3) is 3.99. The van der Waals surface area contributed by atoms with Gasteiger partial charge < -0.3 is 0 Å². The fourth-order valence-corrected chi connectivity index (χ4v) is 0.152. The first-order chi connectivity index (χ1) is 2.91. The van der Waals surface area contributed by atoms with Crippen molar-refractivity contribution >= 4 is 21.4 Å². The average molecular weight is 77.5 g/mol. The summed E-state index contributed by atoms with van der Waals surface area (Å²) in [4.78, 5) is 0. The van der Waals surface area contributed by atoms with Gasteiger partial charge >= 0.3 is 39.6 Å². The summed E-state index contributed by atoms with van der Waals surface area (Å²) in [7, 11) is 6.37. The van der Waals surface area contributed by atoms with Gasteiger partial charge in [0.1, 0.15) is 0 Å². The van der Waals surface area contributed by atoms with Crippen LogP contribution < -0.4 is 0 Å². The van der Waals surface area contributed by atoms with Gasteiger partial charge in [-0.1, -0.05) is 0 Å². The number of hydrogen-bond acceptors (Lipinski definition) is 1. The van der Waals surface area contributed by atoms with Crippen LogP contribution in [0.2, 0.25) is 0 Å². The van der Waals surface area contributed by atoms with Crippen LogP contribution in [0.25, 0.3) is 0 Å². The summed E-state index contributed by atoms with van der Waals surface area (Å²) >= 11 is 0. The van der Waals surface area contributed by atoms with Crippen LogP contribution in [0.4, 0.5) is 0 Å². The van der Waals surface area contributed by atoms with E-state index in [2.05, 4.69) is 4.65 Å². The van der Waals surface area contributed by atoms with Crippen molar-refractivity contribution < 1.29 is 4.65 Å². The molecule has 0 aromatic rings. The van der Waals surface area contributed by atoms with Gasteiger partial charge in [-0.2, -0.15) is 0 Å². The monoisotopic (exact) mass is 78.1 g/mol. The first-order valence-corrected chi connectivity index (χ1v) is 1.90. The second-order valence-corrected chi connectivity index (χ2v) is 0.784.